The van der Waals surface area contributed by atoms with E-state index in [1.54, 1.807) is 6.92 Å². The molecule has 2 rings (SSSR count). The standard InChI is InChI=1S/C6H9O.C5H9NO.H2O.2Re/c1-2-4-6-5(3-1)7-6;1-4(2)5(7)6-3;;;/h1,5-6H,2-4H2;1H2,2-3H3,(H,6,7);1H2;;/q-1;;;;/p-1. The van der Waals surface area contributed by atoms with Crippen molar-refractivity contribution in [2.45, 2.75) is 38.4 Å². The van der Waals surface area contributed by atoms with Crippen LogP contribution in [0.15, 0.2) is 12.2 Å². The number of carbonyl (C=O) groups excluding carboxylic acids is 1. The smallest absolute Gasteiger partial charge is 0.0791 e. The van der Waals surface area contributed by atoms with Crippen LogP contribution in [0.3, 0.4) is 0 Å². The Kier molecular flexibility index (Phi) is 15.4. The predicted octanol–water partition coefficient (Wildman–Crippen LogP) is 1.40. The molecule has 2 radical (unpaired) electrons. The molecule has 1 heterocycles. The topological polar surface area (TPSA) is 75.2 Å². The van der Waals surface area contributed by atoms with E-state index in [0.717, 1.165) is 0 Å². The number of hydrogen-bond donors (Lipinski definition) is 0. The van der Waals surface area contributed by atoms with Crippen molar-refractivity contribution < 1.29 is 55.9 Å². The molecule has 1 aliphatic carbocycles. The molecule has 1 saturated heterocycles. The first-order chi connectivity index (χ1) is 6.65. The van der Waals surface area contributed by atoms with Gasteiger partial charge in [-0.25, -0.2) is 0 Å². The number of hydrogen-bond acceptors (Lipinski definition) is 2. The molecule has 17 heavy (non-hydrogen) atoms. The van der Waals surface area contributed by atoms with Crippen molar-refractivity contribution in [1.29, 1.82) is 0 Å². The van der Waals surface area contributed by atoms with Crippen LogP contribution in [0.25, 0.3) is 5.32 Å². The van der Waals surface area contributed by atoms with Crippen molar-refractivity contribution in [3.05, 3.63) is 23.9 Å². The van der Waals surface area contributed by atoms with Crippen LogP contribution in [-0.2, 0) is 50.4 Å². The fraction of sp³-hybridized carbons (Fsp3) is 0.636. The van der Waals surface area contributed by atoms with Crippen molar-refractivity contribution in [3.8, 4) is 0 Å². The Hall–Kier alpha value is 0.455. The van der Waals surface area contributed by atoms with E-state index in [9.17, 15) is 4.79 Å². The third-order valence-electron chi connectivity index (χ3n) is 2.31. The maximum absolute atomic E-state index is 10.2. The average molecular weight is 586 g/mol. The number of amides is 1. The summed E-state index contributed by atoms with van der Waals surface area (Å²) in [4.78, 5) is 10.2. The minimum atomic E-state index is -0.222. The summed E-state index contributed by atoms with van der Waals surface area (Å²) in [6.45, 7) is 5.02. The van der Waals surface area contributed by atoms with Crippen LogP contribution in [0.2, 0.25) is 0 Å². The van der Waals surface area contributed by atoms with Gasteiger partial charge in [-0.15, -0.1) is 13.5 Å². The first-order valence-electron chi connectivity index (χ1n) is 4.92. The van der Waals surface area contributed by atoms with Crippen LogP contribution >= 0.6 is 0 Å². The van der Waals surface area contributed by atoms with E-state index in [-0.39, 0.29) is 52.2 Å². The van der Waals surface area contributed by atoms with E-state index >= 15 is 0 Å². The summed E-state index contributed by atoms with van der Waals surface area (Å²) in [6, 6.07) is 0. The van der Waals surface area contributed by atoms with E-state index in [1.165, 1.54) is 26.3 Å². The van der Waals surface area contributed by atoms with E-state index in [0.29, 0.717) is 17.8 Å². The average Bonchev–Trinajstić information content (AvgIpc) is 2.96. The monoisotopic (exact) mass is 587 g/mol. The molecule has 2 aliphatic rings. The molecule has 0 aromatic carbocycles. The molecule has 4 nitrogen and oxygen atoms in total. The predicted molar refractivity (Wildman–Crippen MR) is 59.5 cm³/mol. The van der Waals surface area contributed by atoms with Gasteiger partial charge in [0.2, 0.25) is 0 Å². The van der Waals surface area contributed by atoms with Gasteiger partial charge >= 0.3 is 0 Å². The van der Waals surface area contributed by atoms with Crippen LogP contribution in [0.4, 0.5) is 0 Å². The second-order valence-corrected chi connectivity index (χ2v) is 3.62. The molecule has 2 fully saturated rings. The van der Waals surface area contributed by atoms with Crippen LogP contribution in [0, 0.1) is 6.42 Å². The maximum atomic E-state index is 10.2. The Morgan fingerprint density at radius 1 is 1.41 bits per heavy atom. The van der Waals surface area contributed by atoms with Gasteiger partial charge in [0.05, 0.1) is 18.1 Å². The molecule has 1 amide bonds. The SMILES string of the molecule is C=C(C)C(=O)[N-]C.O.[CH-]1CCC2OC2C1.[Re].[Re]. The van der Waals surface area contributed by atoms with Crippen molar-refractivity contribution in [2.24, 2.45) is 0 Å². The molecule has 6 heteroatoms. The van der Waals surface area contributed by atoms with Crippen LogP contribution < -0.4 is 0 Å². The summed E-state index contributed by atoms with van der Waals surface area (Å²) in [5, 5.41) is 3.35. The van der Waals surface area contributed by atoms with Crippen molar-refractivity contribution >= 4 is 5.91 Å². The van der Waals surface area contributed by atoms with Crippen LogP contribution in [0.1, 0.15) is 26.2 Å². The van der Waals surface area contributed by atoms with Crippen molar-refractivity contribution in [1.82, 2.24) is 0 Å². The zero-order chi connectivity index (χ0) is 10.6. The minimum Gasteiger partial charge on any atom is -0.652 e. The Labute approximate surface area is 131 Å². The molecular formula is C11H19NO3Re2-2. The second-order valence-electron chi connectivity index (χ2n) is 3.62. The summed E-state index contributed by atoms with van der Waals surface area (Å²) in [7, 11) is 1.46. The molecule has 1 saturated carbocycles. The van der Waals surface area contributed by atoms with Crippen molar-refractivity contribution in [2.75, 3.05) is 7.05 Å². The van der Waals surface area contributed by atoms with E-state index in [4.69, 9.17) is 4.74 Å². The molecule has 0 aromatic rings. The first-order valence-corrected chi connectivity index (χ1v) is 4.92. The fourth-order valence-corrected chi connectivity index (χ4v) is 1.40. The van der Waals surface area contributed by atoms with Crippen LogP contribution in [0.5, 0.6) is 0 Å². The number of fused-ring (bicyclic) bond motifs is 1. The van der Waals surface area contributed by atoms with E-state index < -0.39 is 0 Å². The zero-order valence-corrected chi connectivity index (χ0v) is 15.5. The molecule has 2 N–H and O–H groups in total. The Balaban J connectivity index is -0.000000196. The van der Waals surface area contributed by atoms with Gasteiger partial charge in [-0.05, 0) is 12.5 Å². The van der Waals surface area contributed by atoms with E-state index in [1.807, 2.05) is 0 Å². The molecule has 1 aliphatic heterocycles. The maximum Gasteiger partial charge on any atom is 0.0791 e. The Morgan fingerprint density at radius 3 is 2.24 bits per heavy atom. The summed E-state index contributed by atoms with van der Waals surface area (Å²) < 4.78 is 5.25. The van der Waals surface area contributed by atoms with Gasteiger partial charge in [0, 0.05) is 40.8 Å². The molecule has 0 aromatic heterocycles. The number of epoxide rings is 1. The zero-order valence-electron chi connectivity index (χ0n) is 10.1. The summed E-state index contributed by atoms with van der Waals surface area (Å²) in [5.41, 5.74) is 0.488. The van der Waals surface area contributed by atoms with Gasteiger partial charge in [0.25, 0.3) is 0 Å². The summed E-state index contributed by atoms with van der Waals surface area (Å²) in [6.07, 6.45) is 7.42. The number of nitrogens with zero attached hydrogens (tertiary/aromatic N) is 1. The number of rotatable bonds is 1. The third kappa shape index (κ3) is 9.08. The van der Waals surface area contributed by atoms with Gasteiger partial charge in [0.1, 0.15) is 0 Å². The molecule has 0 spiro atoms. The largest absolute Gasteiger partial charge is 0.652 e. The molecule has 2 unspecified atom stereocenters. The van der Waals surface area contributed by atoms with Gasteiger partial charge in [-0.2, -0.15) is 6.42 Å². The minimum absolute atomic E-state index is 0. The third-order valence-corrected chi connectivity index (χ3v) is 2.31. The Bertz CT molecular complexity index is 227. The molecule has 2 atom stereocenters. The van der Waals surface area contributed by atoms with Gasteiger partial charge in [-0.3, -0.25) is 0 Å². The second kappa shape index (κ2) is 11.5. The summed E-state index contributed by atoms with van der Waals surface area (Å²) in [5.74, 6) is -0.222. The normalized spacial score (nSPS) is 22.9. The number of ether oxygens (including phenoxy) is 1. The first kappa shape index (κ1) is 22.6. The van der Waals surface area contributed by atoms with E-state index in [2.05, 4.69) is 18.3 Å². The number of likely N-dealkylation sites (N-methyl/N-ethyl adjacent to an activating group) is 1. The van der Waals surface area contributed by atoms with Gasteiger partial charge in [-0.1, -0.05) is 13.0 Å². The number of carbonyl (C=O) groups is 1. The fourth-order valence-electron chi connectivity index (χ4n) is 1.40. The molecule has 102 valence electrons. The molecular weight excluding hydrogens is 567 g/mol. The Morgan fingerprint density at radius 2 is 2.00 bits per heavy atom. The summed E-state index contributed by atoms with van der Waals surface area (Å²) >= 11 is 0. The van der Waals surface area contributed by atoms with Gasteiger partial charge < -0.3 is 26.7 Å². The van der Waals surface area contributed by atoms with Crippen LogP contribution in [-0.4, -0.2) is 30.6 Å². The van der Waals surface area contributed by atoms with Gasteiger partial charge in [0.15, 0.2) is 0 Å². The van der Waals surface area contributed by atoms with Crippen molar-refractivity contribution in [3.63, 3.8) is 0 Å². The molecule has 0 bridgehead atoms. The quantitative estimate of drug-likeness (QED) is 0.265.